The number of hydrogen-bond acceptors (Lipinski definition) is 4. The van der Waals surface area contributed by atoms with E-state index in [1.807, 2.05) is 13.8 Å². The van der Waals surface area contributed by atoms with Crippen LogP contribution in [0.5, 0.6) is 11.5 Å². The van der Waals surface area contributed by atoms with Crippen LogP contribution in [0.25, 0.3) is 11.1 Å². The van der Waals surface area contributed by atoms with Crippen molar-refractivity contribution in [2.24, 2.45) is 5.92 Å². The van der Waals surface area contributed by atoms with Gasteiger partial charge in [-0.1, -0.05) is 26.0 Å². The molecule has 0 fully saturated rings. The molecule has 2 N–H and O–H groups in total. The highest BCUT2D eigenvalue weighted by atomic mass is 19.1. The van der Waals surface area contributed by atoms with Gasteiger partial charge in [0.1, 0.15) is 17.3 Å². The zero-order chi connectivity index (χ0) is 17.0. The summed E-state index contributed by atoms with van der Waals surface area (Å²) in [5.74, 6) is 0.273. The molecule has 0 heterocycles. The fraction of sp³-hybridized carbons (Fsp3) is 0.333. The third-order valence-corrected chi connectivity index (χ3v) is 3.51. The lowest BCUT2D eigenvalue weighted by Crippen LogP contribution is -2.22. The largest absolute Gasteiger partial charge is 0.497 e. The van der Waals surface area contributed by atoms with Gasteiger partial charge in [0.2, 0.25) is 0 Å². The topological polar surface area (TPSA) is 58.9 Å². The number of aliphatic hydroxyl groups excluding tert-OH is 2. The van der Waals surface area contributed by atoms with Crippen LogP contribution in [0.1, 0.15) is 19.4 Å². The summed E-state index contributed by atoms with van der Waals surface area (Å²) in [7, 11) is 1.51. The van der Waals surface area contributed by atoms with Crippen LogP contribution < -0.4 is 9.47 Å². The first-order valence-corrected chi connectivity index (χ1v) is 7.38. The van der Waals surface area contributed by atoms with Crippen molar-refractivity contribution in [2.75, 3.05) is 7.11 Å². The van der Waals surface area contributed by atoms with Crippen LogP contribution in [0.4, 0.5) is 4.39 Å². The SMILES string of the molecule is COc1ccc(F)c(-c2ccc(CO)cc2OC(O)C(C)C)c1. The summed E-state index contributed by atoms with van der Waals surface area (Å²) < 4.78 is 24.9. The van der Waals surface area contributed by atoms with Crippen LogP contribution >= 0.6 is 0 Å². The number of aliphatic hydroxyl groups is 2. The Morgan fingerprint density at radius 3 is 2.43 bits per heavy atom. The first-order chi connectivity index (χ1) is 11.0. The molecule has 0 radical (unpaired) electrons. The molecule has 124 valence electrons. The number of halogens is 1. The van der Waals surface area contributed by atoms with Crippen LogP contribution in [0, 0.1) is 11.7 Å². The molecule has 2 aromatic carbocycles. The zero-order valence-corrected chi connectivity index (χ0v) is 13.4. The van der Waals surface area contributed by atoms with Crippen molar-refractivity contribution in [3.8, 4) is 22.6 Å². The highest BCUT2D eigenvalue weighted by Gasteiger charge is 2.17. The second kappa shape index (κ2) is 7.44. The molecule has 0 spiro atoms. The number of benzene rings is 2. The van der Waals surface area contributed by atoms with Crippen molar-refractivity contribution in [2.45, 2.75) is 26.7 Å². The van der Waals surface area contributed by atoms with Crippen molar-refractivity contribution >= 4 is 0 Å². The van der Waals surface area contributed by atoms with Gasteiger partial charge in [0.15, 0.2) is 6.29 Å². The Bertz CT molecular complexity index is 670. The lowest BCUT2D eigenvalue weighted by molar-refractivity contribution is -0.0512. The van der Waals surface area contributed by atoms with Gasteiger partial charge in [-0.05, 0) is 29.8 Å². The molecule has 0 bridgehead atoms. The summed E-state index contributed by atoms with van der Waals surface area (Å²) in [6.07, 6.45) is -1.03. The Balaban J connectivity index is 2.53. The van der Waals surface area contributed by atoms with E-state index in [0.717, 1.165) is 0 Å². The van der Waals surface area contributed by atoms with Gasteiger partial charge in [-0.25, -0.2) is 4.39 Å². The van der Waals surface area contributed by atoms with Crippen LogP contribution in [-0.4, -0.2) is 23.6 Å². The highest BCUT2D eigenvalue weighted by molar-refractivity contribution is 5.72. The van der Waals surface area contributed by atoms with E-state index in [9.17, 15) is 14.6 Å². The molecule has 0 aliphatic rings. The fourth-order valence-corrected chi connectivity index (χ4v) is 2.09. The predicted molar refractivity (Wildman–Crippen MR) is 85.8 cm³/mol. The lowest BCUT2D eigenvalue weighted by atomic mass is 10.0. The van der Waals surface area contributed by atoms with E-state index in [2.05, 4.69) is 0 Å². The van der Waals surface area contributed by atoms with Crippen LogP contribution in [0.3, 0.4) is 0 Å². The van der Waals surface area contributed by atoms with Gasteiger partial charge in [-0.3, -0.25) is 0 Å². The maximum atomic E-state index is 14.2. The van der Waals surface area contributed by atoms with Crippen molar-refractivity contribution in [1.29, 1.82) is 0 Å². The molecule has 5 heteroatoms. The maximum Gasteiger partial charge on any atom is 0.199 e. The minimum absolute atomic E-state index is 0.129. The van der Waals surface area contributed by atoms with E-state index in [-0.39, 0.29) is 12.5 Å². The highest BCUT2D eigenvalue weighted by Crippen LogP contribution is 2.35. The molecule has 0 aliphatic heterocycles. The minimum atomic E-state index is -1.03. The van der Waals surface area contributed by atoms with Crippen LogP contribution in [-0.2, 0) is 6.61 Å². The van der Waals surface area contributed by atoms with Gasteiger partial charge < -0.3 is 19.7 Å². The van der Waals surface area contributed by atoms with Crippen molar-refractivity contribution in [1.82, 2.24) is 0 Å². The van der Waals surface area contributed by atoms with Gasteiger partial charge in [-0.15, -0.1) is 0 Å². The number of ether oxygens (including phenoxy) is 2. The van der Waals surface area contributed by atoms with Gasteiger partial charge in [0.25, 0.3) is 0 Å². The van der Waals surface area contributed by atoms with E-state index < -0.39 is 12.1 Å². The second-order valence-corrected chi connectivity index (χ2v) is 5.59. The number of rotatable bonds is 6. The molecule has 0 saturated heterocycles. The molecule has 0 amide bonds. The van der Waals surface area contributed by atoms with E-state index >= 15 is 0 Å². The van der Waals surface area contributed by atoms with Crippen molar-refractivity contribution in [3.63, 3.8) is 0 Å². The first kappa shape index (κ1) is 17.2. The van der Waals surface area contributed by atoms with Crippen LogP contribution in [0.15, 0.2) is 36.4 Å². The molecule has 1 atom stereocenters. The molecule has 0 aliphatic carbocycles. The maximum absolute atomic E-state index is 14.2. The second-order valence-electron chi connectivity index (χ2n) is 5.59. The Labute approximate surface area is 135 Å². The smallest absolute Gasteiger partial charge is 0.199 e. The average molecular weight is 320 g/mol. The van der Waals surface area contributed by atoms with E-state index in [1.54, 1.807) is 24.3 Å². The first-order valence-electron chi connectivity index (χ1n) is 7.38. The summed E-state index contributed by atoms with van der Waals surface area (Å²) in [6, 6.07) is 9.35. The molecule has 2 rings (SSSR count). The monoisotopic (exact) mass is 320 g/mol. The van der Waals surface area contributed by atoms with Gasteiger partial charge >= 0.3 is 0 Å². The summed E-state index contributed by atoms with van der Waals surface area (Å²) in [4.78, 5) is 0. The van der Waals surface area contributed by atoms with Crippen molar-refractivity contribution in [3.05, 3.63) is 47.8 Å². The van der Waals surface area contributed by atoms with Crippen LogP contribution in [0.2, 0.25) is 0 Å². The fourth-order valence-electron chi connectivity index (χ4n) is 2.09. The van der Waals surface area contributed by atoms with E-state index in [0.29, 0.717) is 28.2 Å². The minimum Gasteiger partial charge on any atom is -0.497 e. The predicted octanol–water partition coefficient (Wildman–Crippen LogP) is 3.35. The summed E-state index contributed by atoms with van der Waals surface area (Å²) in [5, 5.41) is 19.3. The third-order valence-electron chi connectivity index (χ3n) is 3.51. The summed E-state index contributed by atoms with van der Waals surface area (Å²) >= 11 is 0. The Morgan fingerprint density at radius 2 is 1.83 bits per heavy atom. The number of hydrogen-bond donors (Lipinski definition) is 2. The standard InChI is InChI=1S/C18H21FO4/c1-11(2)18(21)23-17-8-12(10-20)4-6-14(17)15-9-13(22-3)5-7-16(15)19/h4-9,11,18,20-21H,10H2,1-3H3. The Kier molecular flexibility index (Phi) is 5.58. The molecule has 1 unspecified atom stereocenters. The van der Waals surface area contributed by atoms with Gasteiger partial charge in [-0.2, -0.15) is 0 Å². The zero-order valence-electron chi connectivity index (χ0n) is 13.4. The lowest BCUT2D eigenvalue weighted by Gasteiger charge is -2.20. The number of methoxy groups -OCH3 is 1. The van der Waals surface area contributed by atoms with Gasteiger partial charge in [0.05, 0.1) is 13.7 Å². The molecular formula is C18H21FO4. The molecule has 0 saturated carbocycles. The van der Waals surface area contributed by atoms with Gasteiger partial charge in [0, 0.05) is 17.0 Å². The third kappa shape index (κ3) is 4.00. The molecule has 23 heavy (non-hydrogen) atoms. The normalized spacial score (nSPS) is 12.3. The molecule has 0 aromatic heterocycles. The Hall–Kier alpha value is -2.11. The van der Waals surface area contributed by atoms with Crippen molar-refractivity contribution < 1.29 is 24.1 Å². The molecule has 4 nitrogen and oxygen atoms in total. The Morgan fingerprint density at radius 1 is 1.09 bits per heavy atom. The average Bonchev–Trinajstić information content (AvgIpc) is 2.55. The van der Waals surface area contributed by atoms with E-state index in [1.165, 1.54) is 19.2 Å². The summed E-state index contributed by atoms with van der Waals surface area (Å²) in [5.41, 5.74) is 1.40. The molecule has 2 aromatic rings. The quantitative estimate of drug-likeness (QED) is 0.802. The summed E-state index contributed by atoms with van der Waals surface area (Å²) in [6.45, 7) is 3.45. The molecular weight excluding hydrogens is 299 g/mol. The van der Waals surface area contributed by atoms with E-state index in [4.69, 9.17) is 9.47 Å².